The summed E-state index contributed by atoms with van der Waals surface area (Å²) in [5.41, 5.74) is 1.53. The molecule has 2 aromatic carbocycles. The number of hydrogen-bond acceptors (Lipinski definition) is 4. The SMILES string of the molecule is CCN(CC(=O)Nc1ccc(S(=O)(=O)N(C)Cc2ccccc2)cc1)C1CCCC1. The molecule has 30 heavy (non-hydrogen) atoms. The van der Waals surface area contributed by atoms with Gasteiger partial charge in [0, 0.05) is 25.3 Å². The number of nitrogens with one attached hydrogen (secondary N) is 1. The molecule has 3 rings (SSSR count). The van der Waals surface area contributed by atoms with Crippen molar-refractivity contribution >= 4 is 21.6 Å². The number of likely N-dealkylation sites (N-methyl/N-ethyl adjacent to an activating group) is 1. The zero-order valence-corrected chi connectivity index (χ0v) is 18.6. The van der Waals surface area contributed by atoms with E-state index in [-0.39, 0.29) is 10.8 Å². The molecule has 162 valence electrons. The van der Waals surface area contributed by atoms with Crippen molar-refractivity contribution in [2.75, 3.05) is 25.5 Å². The zero-order chi connectivity index (χ0) is 21.6. The molecule has 0 bridgehead atoms. The molecule has 1 aliphatic rings. The molecule has 0 spiro atoms. The topological polar surface area (TPSA) is 69.7 Å². The first kappa shape index (κ1) is 22.5. The van der Waals surface area contributed by atoms with Gasteiger partial charge in [-0.25, -0.2) is 8.42 Å². The monoisotopic (exact) mass is 429 g/mol. The summed E-state index contributed by atoms with van der Waals surface area (Å²) in [6.45, 7) is 3.59. The molecule has 2 aromatic rings. The van der Waals surface area contributed by atoms with Gasteiger partial charge in [-0.15, -0.1) is 0 Å². The lowest BCUT2D eigenvalue weighted by Gasteiger charge is -2.26. The van der Waals surface area contributed by atoms with Gasteiger partial charge in [0.2, 0.25) is 15.9 Å². The second kappa shape index (κ2) is 10.2. The van der Waals surface area contributed by atoms with Gasteiger partial charge in [0.05, 0.1) is 11.4 Å². The van der Waals surface area contributed by atoms with E-state index >= 15 is 0 Å². The zero-order valence-electron chi connectivity index (χ0n) is 17.8. The molecule has 0 radical (unpaired) electrons. The average molecular weight is 430 g/mol. The van der Waals surface area contributed by atoms with E-state index in [0.29, 0.717) is 24.8 Å². The second-order valence-corrected chi connectivity index (χ2v) is 9.87. The van der Waals surface area contributed by atoms with Gasteiger partial charge >= 0.3 is 0 Å². The van der Waals surface area contributed by atoms with E-state index in [2.05, 4.69) is 17.1 Å². The van der Waals surface area contributed by atoms with Crippen LogP contribution in [0.4, 0.5) is 5.69 Å². The number of anilines is 1. The number of nitrogens with zero attached hydrogens (tertiary/aromatic N) is 2. The molecule has 1 amide bonds. The smallest absolute Gasteiger partial charge is 0.243 e. The van der Waals surface area contributed by atoms with Crippen LogP contribution in [0.5, 0.6) is 0 Å². The Bertz CT molecular complexity index is 924. The maximum Gasteiger partial charge on any atom is 0.243 e. The summed E-state index contributed by atoms with van der Waals surface area (Å²) >= 11 is 0. The molecule has 7 heteroatoms. The second-order valence-electron chi connectivity index (χ2n) is 7.82. The predicted molar refractivity (Wildman–Crippen MR) is 120 cm³/mol. The van der Waals surface area contributed by atoms with Crippen molar-refractivity contribution < 1.29 is 13.2 Å². The van der Waals surface area contributed by atoms with Gasteiger partial charge in [-0.05, 0) is 49.2 Å². The van der Waals surface area contributed by atoms with Crippen molar-refractivity contribution in [2.24, 2.45) is 0 Å². The summed E-state index contributed by atoms with van der Waals surface area (Å²) in [5.74, 6) is -0.0689. The van der Waals surface area contributed by atoms with Crippen LogP contribution in [0.2, 0.25) is 0 Å². The van der Waals surface area contributed by atoms with E-state index in [4.69, 9.17) is 0 Å². The minimum atomic E-state index is -3.60. The number of benzene rings is 2. The summed E-state index contributed by atoms with van der Waals surface area (Å²) in [6.07, 6.45) is 4.78. The lowest BCUT2D eigenvalue weighted by atomic mass is 10.2. The van der Waals surface area contributed by atoms with Crippen molar-refractivity contribution in [3.63, 3.8) is 0 Å². The lowest BCUT2D eigenvalue weighted by Crippen LogP contribution is -2.39. The van der Waals surface area contributed by atoms with Gasteiger partial charge < -0.3 is 5.32 Å². The maximum absolute atomic E-state index is 12.8. The van der Waals surface area contributed by atoms with Gasteiger partial charge in [0.25, 0.3) is 0 Å². The van der Waals surface area contributed by atoms with Crippen molar-refractivity contribution in [2.45, 2.75) is 50.1 Å². The van der Waals surface area contributed by atoms with Crippen LogP contribution in [-0.2, 0) is 21.4 Å². The van der Waals surface area contributed by atoms with Crippen LogP contribution in [0.3, 0.4) is 0 Å². The molecule has 1 N–H and O–H groups in total. The van der Waals surface area contributed by atoms with Gasteiger partial charge in [0.15, 0.2) is 0 Å². The lowest BCUT2D eigenvalue weighted by molar-refractivity contribution is -0.117. The van der Waals surface area contributed by atoms with Crippen LogP contribution in [0.1, 0.15) is 38.2 Å². The third-order valence-corrected chi connectivity index (χ3v) is 7.51. The number of sulfonamides is 1. The third kappa shape index (κ3) is 5.68. The van der Waals surface area contributed by atoms with E-state index in [0.717, 1.165) is 24.9 Å². The highest BCUT2D eigenvalue weighted by molar-refractivity contribution is 7.89. The predicted octanol–water partition coefficient (Wildman–Crippen LogP) is 3.71. The highest BCUT2D eigenvalue weighted by Gasteiger charge is 2.23. The largest absolute Gasteiger partial charge is 0.325 e. The van der Waals surface area contributed by atoms with Crippen LogP contribution in [-0.4, -0.2) is 49.7 Å². The van der Waals surface area contributed by atoms with E-state index in [9.17, 15) is 13.2 Å². The summed E-state index contributed by atoms with van der Waals surface area (Å²) in [4.78, 5) is 14.9. The van der Waals surface area contributed by atoms with Crippen molar-refractivity contribution in [3.8, 4) is 0 Å². The number of carbonyl (C=O) groups excluding carboxylic acids is 1. The molecule has 1 fully saturated rings. The third-order valence-electron chi connectivity index (χ3n) is 5.69. The Morgan fingerprint density at radius 3 is 2.27 bits per heavy atom. The Balaban J connectivity index is 1.60. The van der Waals surface area contributed by atoms with E-state index in [1.165, 1.54) is 17.1 Å². The Hall–Kier alpha value is -2.22. The quantitative estimate of drug-likeness (QED) is 0.660. The first-order valence-electron chi connectivity index (χ1n) is 10.5. The van der Waals surface area contributed by atoms with Crippen molar-refractivity contribution in [1.29, 1.82) is 0 Å². The Morgan fingerprint density at radius 1 is 1.03 bits per heavy atom. The van der Waals surface area contributed by atoms with Crippen LogP contribution >= 0.6 is 0 Å². The molecular formula is C23H31N3O3S. The van der Waals surface area contributed by atoms with Crippen LogP contribution in [0, 0.1) is 0 Å². The van der Waals surface area contributed by atoms with E-state index < -0.39 is 10.0 Å². The molecule has 0 atom stereocenters. The summed E-state index contributed by atoms with van der Waals surface area (Å²) in [6, 6.07) is 16.3. The molecule has 0 heterocycles. The Labute approximate surface area is 179 Å². The normalized spacial score (nSPS) is 15.1. The molecule has 1 aliphatic carbocycles. The summed E-state index contributed by atoms with van der Waals surface area (Å²) in [7, 11) is -2.03. The fourth-order valence-electron chi connectivity index (χ4n) is 3.97. The maximum atomic E-state index is 12.8. The minimum Gasteiger partial charge on any atom is -0.325 e. The number of amides is 1. The highest BCUT2D eigenvalue weighted by atomic mass is 32.2. The van der Waals surface area contributed by atoms with E-state index in [1.807, 2.05) is 30.3 Å². The fraction of sp³-hybridized carbons (Fsp3) is 0.435. The van der Waals surface area contributed by atoms with Gasteiger partial charge in [0.1, 0.15) is 0 Å². The molecular weight excluding hydrogens is 398 g/mol. The number of rotatable bonds is 9. The van der Waals surface area contributed by atoms with Crippen LogP contribution in [0.25, 0.3) is 0 Å². The molecule has 0 aromatic heterocycles. The van der Waals surface area contributed by atoms with E-state index in [1.54, 1.807) is 31.3 Å². The van der Waals surface area contributed by atoms with Crippen LogP contribution < -0.4 is 5.32 Å². The molecule has 1 saturated carbocycles. The first-order chi connectivity index (χ1) is 14.4. The standard InChI is InChI=1S/C23H31N3O3S/c1-3-26(21-11-7-8-12-21)18-23(27)24-20-13-15-22(16-14-20)30(28,29)25(2)17-19-9-5-4-6-10-19/h4-6,9-10,13-16,21H,3,7-8,11-12,17-18H2,1-2H3,(H,24,27). The van der Waals surface area contributed by atoms with Crippen LogP contribution in [0.15, 0.2) is 59.5 Å². The fourth-order valence-corrected chi connectivity index (χ4v) is 5.13. The molecule has 0 unspecified atom stereocenters. The minimum absolute atomic E-state index is 0.0689. The Kier molecular flexibility index (Phi) is 7.64. The van der Waals surface area contributed by atoms with Crippen molar-refractivity contribution in [3.05, 3.63) is 60.2 Å². The first-order valence-corrected chi connectivity index (χ1v) is 12.0. The Morgan fingerprint density at radius 2 is 1.67 bits per heavy atom. The average Bonchev–Trinajstić information content (AvgIpc) is 3.28. The van der Waals surface area contributed by atoms with Gasteiger partial charge in [-0.2, -0.15) is 4.31 Å². The number of hydrogen-bond donors (Lipinski definition) is 1. The van der Waals surface area contributed by atoms with Crippen molar-refractivity contribution in [1.82, 2.24) is 9.21 Å². The highest BCUT2D eigenvalue weighted by Crippen LogP contribution is 2.23. The van der Waals surface area contributed by atoms with Gasteiger partial charge in [-0.1, -0.05) is 50.1 Å². The number of carbonyl (C=O) groups is 1. The molecule has 0 saturated heterocycles. The molecule has 6 nitrogen and oxygen atoms in total. The molecule has 0 aliphatic heterocycles. The summed E-state index contributed by atoms with van der Waals surface area (Å²) in [5, 5.41) is 2.89. The summed E-state index contributed by atoms with van der Waals surface area (Å²) < 4.78 is 27.0. The van der Waals surface area contributed by atoms with Gasteiger partial charge in [-0.3, -0.25) is 9.69 Å².